The number of carboxylic acid groups (broad SMARTS) is 1. The quantitative estimate of drug-likeness (QED) is 0.0899. The van der Waals surface area contributed by atoms with E-state index in [0.29, 0.717) is 29.0 Å². The van der Waals surface area contributed by atoms with Crippen molar-refractivity contribution in [2.45, 2.75) is 52.7 Å². The van der Waals surface area contributed by atoms with Crippen LogP contribution in [0, 0.1) is 0 Å². The van der Waals surface area contributed by atoms with Crippen LogP contribution in [0.25, 0.3) is 75.9 Å². The van der Waals surface area contributed by atoms with E-state index in [1.165, 1.54) is 40.9 Å². The van der Waals surface area contributed by atoms with Crippen LogP contribution in [0.3, 0.4) is 0 Å². The van der Waals surface area contributed by atoms with Gasteiger partial charge in [-0.2, -0.15) is 0 Å². The molecule has 12 aromatic rings. The number of fused-ring (bicyclic) bond motifs is 4. The van der Waals surface area contributed by atoms with Crippen LogP contribution in [0.15, 0.2) is 191 Å². The van der Waals surface area contributed by atoms with Crippen LogP contribution in [-0.2, 0) is 17.8 Å². The Balaban J connectivity index is 0.000000165. The molecule has 15 nitrogen and oxygen atoms in total. The lowest BCUT2D eigenvalue weighted by Crippen LogP contribution is -2.26. The molecular weight excluding hydrogens is 1010 g/mol. The summed E-state index contributed by atoms with van der Waals surface area (Å²) in [6, 6.07) is 51.7. The van der Waals surface area contributed by atoms with E-state index in [-0.39, 0.29) is 23.2 Å². The Morgan fingerprint density at radius 2 is 0.987 bits per heavy atom. The van der Waals surface area contributed by atoms with Crippen LogP contribution in [0.4, 0.5) is 11.6 Å². The highest BCUT2D eigenvalue weighted by atomic mass is 32.1. The van der Waals surface area contributed by atoms with Crippen LogP contribution >= 0.6 is 22.7 Å². The molecule has 388 valence electrons. The van der Waals surface area contributed by atoms with Crippen LogP contribution in [-0.4, -0.2) is 50.1 Å². The first-order chi connectivity index (χ1) is 38.0. The number of nitrogens with two attached hydrogens (primary N) is 1. The van der Waals surface area contributed by atoms with Gasteiger partial charge in [-0.05, 0) is 107 Å². The Morgan fingerprint density at radius 3 is 1.42 bits per heavy atom. The largest absolute Gasteiger partial charge is 0.481 e. The Hall–Kier alpha value is -9.29. The smallest absolute Gasteiger partial charge is 0.300 e. The predicted octanol–water partition coefficient (Wildman–Crippen LogP) is 12.6. The highest BCUT2D eigenvalue weighted by Gasteiger charge is 2.22. The van der Waals surface area contributed by atoms with E-state index >= 15 is 0 Å². The first-order valence-electron chi connectivity index (χ1n) is 25.2. The van der Waals surface area contributed by atoms with Crippen molar-refractivity contribution in [1.82, 2.24) is 39.0 Å². The lowest BCUT2D eigenvalue weighted by atomic mass is 9.96. The third-order valence-corrected chi connectivity index (χ3v) is 14.6. The number of nitrogens with one attached hydrogen (secondary N) is 2. The van der Waals surface area contributed by atoms with Crippen LogP contribution < -0.4 is 27.5 Å². The Labute approximate surface area is 456 Å². The topological polar surface area (TPSA) is 209 Å². The molecule has 0 saturated heterocycles. The molecule has 0 amide bonds. The maximum Gasteiger partial charge on any atom is 0.300 e. The van der Waals surface area contributed by atoms with Crippen molar-refractivity contribution >= 4 is 82.5 Å². The second-order valence-corrected chi connectivity index (χ2v) is 20.0. The summed E-state index contributed by atoms with van der Waals surface area (Å²) in [6.45, 7) is 7.72. The normalized spacial score (nSPS) is 11.9. The van der Waals surface area contributed by atoms with Gasteiger partial charge in [0.1, 0.15) is 33.3 Å². The number of aryl methyl sites for hydroxylation is 1. The maximum atomic E-state index is 14.3. The van der Waals surface area contributed by atoms with Crippen LogP contribution in [0.1, 0.15) is 62.3 Å². The molecule has 0 aliphatic rings. The number of hydrogen-bond acceptors (Lipinski definition) is 14. The summed E-state index contributed by atoms with van der Waals surface area (Å²) in [5.74, 6) is 0.453. The molecule has 17 heteroatoms. The fraction of sp³-hybridized carbons (Fsp3) is 0.131. The highest BCUT2D eigenvalue weighted by molar-refractivity contribution is 7.16. The lowest BCUT2D eigenvalue weighted by molar-refractivity contribution is -0.134. The molecule has 0 spiro atoms. The number of nitrogens with zero attached hydrogens (tertiary/aromatic N) is 8. The van der Waals surface area contributed by atoms with Gasteiger partial charge in [0.25, 0.3) is 17.1 Å². The number of aromatic nitrogens is 8. The Morgan fingerprint density at radius 1 is 0.564 bits per heavy atom. The van der Waals surface area contributed by atoms with E-state index in [2.05, 4.69) is 83.9 Å². The summed E-state index contributed by atoms with van der Waals surface area (Å²) < 4.78 is 3.60. The fourth-order valence-electron chi connectivity index (χ4n) is 9.55. The number of pyridine rings is 2. The van der Waals surface area contributed by atoms with Crippen molar-refractivity contribution in [3.05, 3.63) is 225 Å². The second-order valence-electron chi connectivity index (χ2n) is 18.3. The van der Waals surface area contributed by atoms with Crippen LogP contribution in [0.5, 0.6) is 0 Å². The maximum absolute atomic E-state index is 14.3. The van der Waals surface area contributed by atoms with Crippen molar-refractivity contribution in [2.75, 3.05) is 10.6 Å². The van der Waals surface area contributed by atoms with Crippen molar-refractivity contribution in [3.63, 3.8) is 0 Å². The minimum Gasteiger partial charge on any atom is -0.481 e. The second kappa shape index (κ2) is 23.3. The fourth-order valence-corrected chi connectivity index (χ4v) is 10.8. The number of benzene rings is 6. The van der Waals surface area contributed by atoms with Gasteiger partial charge in [0.2, 0.25) is 0 Å². The zero-order valence-electron chi connectivity index (χ0n) is 43.0. The number of carboxylic acids is 1. The Kier molecular flexibility index (Phi) is 15.6. The third-order valence-electron chi connectivity index (χ3n) is 13.2. The molecule has 78 heavy (non-hydrogen) atoms. The summed E-state index contributed by atoms with van der Waals surface area (Å²) in [5, 5.41) is 17.5. The van der Waals surface area contributed by atoms with Gasteiger partial charge >= 0.3 is 0 Å². The third kappa shape index (κ3) is 10.9. The van der Waals surface area contributed by atoms with Gasteiger partial charge in [0.15, 0.2) is 11.6 Å². The predicted molar refractivity (Wildman–Crippen MR) is 315 cm³/mol. The number of rotatable bonds is 12. The molecule has 5 N–H and O–H groups in total. The van der Waals surface area contributed by atoms with Crippen molar-refractivity contribution in [1.29, 1.82) is 0 Å². The first kappa shape index (κ1) is 52.2. The molecule has 0 bridgehead atoms. The van der Waals surface area contributed by atoms with Gasteiger partial charge in [0.05, 0.1) is 33.9 Å². The number of carbonyl (C=O) groups is 1. The molecule has 6 aromatic heterocycles. The average molecular weight is 1070 g/mol. The van der Waals surface area contributed by atoms with Crippen molar-refractivity contribution in [2.24, 2.45) is 5.73 Å². The van der Waals surface area contributed by atoms with E-state index < -0.39 is 5.97 Å². The number of thiazole rings is 2. The molecule has 0 saturated carbocycles. The molecule has 0 radical (unpaired) electrons. The number of hydrogen-bond donors (Lipinski definition) is 4. The summed E-state index contributed by atoms with van der Waals surface area (Å²) in [5.41, 5.74) is 20.1. The molecular formula is C61H53N11O4S2. The molecule has 2 atom stereocenters. The standard InChI is InChI=1S/C30H25N5OS.C29H24N6OS.C2H4O2/c1-3-20-9-7-10-21(15-20)24-14-8-11-22-16-25(35(30(36)26(22)24)23-12-5-4-6-13-23)19(2)34-28-27-29(32-17-31-28)37-18-33-27;1-18(34-27-26-28(32-16-31-27)37-17-33-26)24-14-21-9-6-12-23(20-8-5-7-19(13-20)15-30)25(21)29(36)35(24)22-10-3-2-4-11-22;1-2(3)4/h4-19H,3H2,1-2H3,(H,31,32,34);2-14,16-18H,15,30H2,1H3,(H,31,32,34);1H3,(H,3,4)/t19-;18-;/m00./s1. The van der Waals surface area contributed by atoms with Crippen LogP contribution in [0.2, 0.25) is 0 Å². The van der Waals surface area contributed by atoms with Gasteiger partial charge in [-0.15, -0.1) is 22.7 Å². The van der Waals surface area contributed by atoms with E-state index in [1.807, 2.05) is 140 Å². The van der Waals surface area contributed by atoms with E-state index in [1.54, 1.807) is 15.6 Å². The molecule has 0 aliphatic carbocycles. The SMILES string of the molecule is CC(=O)O.CCc1cccc(-c2cccc3cc([C@H](C)Nc4ncnc5scnc45)n(-c4ccccc4)c(=O)c23)c1.C[C@H](Nc1ncnc2scnc12)c1cc2cccc(-c3cccc(CN)c3)c2c(=O)n1-c1ccccc1. The highest BCUT2D eigenvalue weighted by Crippen LogP contribution is 2.34. The molecule has 0 aliphatic heterocycles. The summed E-state index contributed by atoms with van der Waals surface area (Å²) in [4.78, 5) is 65.6. The van der Waals surface area contributed by atoms with Gasteiger partial charge in [0, 0.05) is 36.2 Å². The van der Waals surface area contributed by atoms with Crippen molar-refractivity contribution < 1.29 is 9.90 Å². The number of para-hydroxylation sites is 2. The zero-order valence-corrected chi connectivity index (χ0v) is 44.7. The first-order valence-corrected chi connectivity index (χ1v) is 26.9. The minimum absolute atomic E-state index is 0.0497. The number of aliphatic carboxylic acids is 1. The average Bonchev–Trinajstić information content (AvgIpc) is 4.31. The van der Waals surface area contributed by atoms with E-state index in [9.17, 15) is 9.59 Å². The molecule has 0 unspecified atom stereocenters. The summed E-state index contributed by atoms with van der Waals surface area (Å²) >= 11 is 2.94. The zero-order chi connectivity index (χ0) is 54.3. The van der Waals surface area contributed by atoms with Gasteiger partial charge in [-0.3, -0.25) is 23.5 Å². The van der Waals surface area contributed by atoms with Gasteiger partial charge in [-0.1, -0.05) is 122 Å². The minimum atomic E-state index is -0.833. The van der Waals surface area contributed by atoms with E-state index in [4.69, 9.17) is 15.6 Å². The lowest BCUT2D eigenvalue weighted by Gasteiger charge is -2.22. The summed E-state index contributed by atoms with van der Waals surface area (Å²) in [7, 11) is 0. The van der Waals surface area contributed by atoms with Gasteiger partial charge in [-0.25, -0.2) is 29.9 Å². The Bertz CT molecular complexity index is 3970. The van der Waals surface area contributed by atoms with Gasteiger partial charge < -0.3 is 21.5 Å². The molecule has 12 rings (SSSR count). The van der Waals surface area contributed by atoms with Crippen molar-refractivity contribution in [3.8, 4) is 33.6 Å². The van der Waals surface area contributed by atoms with E-state index in [0.717, 1.165) is 95.4 Å². The number of anilines is 2. The molecule has 0 fully saturated rings. The summed E-state index contributed by atoms with van der Waals surface area (Å²) in [6.07, 6.45) is 4.01. The monoisotopic (exact) mass is 1070 g/mol. The molecule has 6 heterocycles. The molecule has 6 aromatic carbocycles.